The van der Waals surface area contributed by atoms with Crippen LogP contribution in [0.25, 0.3) is 10.2 Å². The summed E-state index contributed by atoms with van der Waals surface area (Å²) in [7, 11) is 0. The number of hydrogen-bond donors (Lipinski definition) is 1. The summed E-state index contributed by atoms with van der Waals surface area (Å²) in [5.74, 6) is 0.313. The van der Waals surface area contributed by atoms with Crippen molar-refractivity contribution in [3.05, 3.63) is 49.5 Å². The van der Waals surface area contributed by atoms with Crippen molar-refractivity contribution in [1.82, 2.24) is 15.0 Å². The lowest BCUT2D eigenvalue weighted by atomic mass is 10.2. The number of halogens is 4. The predicted molar refractivity (Wildman–Crippen MR) is 98.8 cm³/mol. The fourth-order valence-electron chi connectivity index (χ4n) is 2.42. The maximum atomic E-state index is 12.7. The summed E-state index contributed by atoms with van der Waals surface area (Å²) in [6.07, 6.45) is -3.82. The van der Waals surface area contributed by atoms with Crippen molar-refractivity contribution in [3.63, 3.8) is 0 Å². The quantitative estimate of drug-likeness (QED) is 0.470. The van der Waals surface area contributed by atoms with E-state index in [4.69, 9.17) is 11.6 Å². The molecule has 0 radical (unpaired) electrons. The fourth-order valence-corrected chi connectivity index (χ4v) is 4.58. The number of aromatic nitrogens is 3. The molecule has 1 N–H and O–H groups in total. The van der Waals surface area contributed by atoms with Crippen LogP contribution in [0.15, 0.2) is 22.1 Å². The molecule has 3 rings (SSSR count). The lowest BCUT2D eigenvalue weighted by Crippen LogP contribution is -2.11. The number of rotatable bonds is 4. The molecule has 0 aliphatic carbocycles. The summed E-state index contributed by atoms with van der Waals surface area (Å²) in [5.41, 5.74) is -0.721. The van der Waals surface area contributed by atoms with Crippen molar-refractivity contribution in [1.29, 1.82) is 0 Å². The summed E-state index contributed by atoms with van der Waals surface area (Å²) >= 11 is 8.06. The minimum atomic E-state index is -4.52. The second-order valence-corrected chi connectivity index (χ2v) is 7.97. The summed E-state index contributed by atoms with van der Waals surface area (Å²) in [6.45, 7) is 3.10. The number of thioether (sulfide) groups is 1. The van der Waals surface area contributed by atoms with Gasteiger partial charge in [-0.05, 0) is 25.5 Å². The fraction of sp³-hybridized carbons (Fsp3) is 0.250. The number of carbonyl (C=O) groups is 1. The first-order valence-electron chi connectivity index (χ1n) is 7.46. The zero-order valence-electron chi connectivity index (χ0n) is 13.9. The molecular formula is C16H11ClF3N3O2S2. The Labute approximate surface area is 164 Å². The lowest BCUT2D eigenvalue weighted by molar-refractivity contribution is -0.137. The third-order valence-corrected chi connectivity index (χ3v) is 6.35. The normalized spacial score (nSPS) is 11.9. The van der Waals surface area contributed by atoms with E-state index in [1.807, 2.05) is 0 Å². The second kappa shape index (κ2) is 7.25. The Morgan fingerprint density at radius 1 is 1.41 bits per heavy atom. The molecule has 0 aliphatic heterocycles. The molecule has 0 fully saturated rings. The third kappa shape index (κ3) is 4.02. The van der Waals surface area contributed by atoms with Crippen molar-refractivity contribution in [2.45, 2.75) is 30.8 Å². The van der Waals surface area contributed by atoms with Crippen LogP contribution in [0.2, 0.25) is 5.02 Å². The van der Waals surface area contributed by atoms with Gasteiger partial charge >= 0.3 is 6.18 Å². The Hall–Kier alpha value is -1.91. The number of alkyl halides is 3. The molecule has 0 bridgehead atoms. The number of thiophene rings is 1. The Morgan fingerprint density at radius 2 is 2.11 bits per heavy atom. The molecular weight excluding hydrogens is 423 g/mol. The van der Waals surface area contributed by atoms with Gasteiger partial charge in [-0.2, -0.15) is 13.2 Å². The van der Waals surface area contributed by atoms with Crippen molar-refractivity contribution in [3.8, 4) is 0 Å². The van der Waals surface area contributed by atoms with Gasteiger partial charge in [-0.3, -0.25) is 9.59 Å². The molecule has 0 atom stereocenters. The number of pyridine rings is 1. The van der Waals surface area contributed by atoms with Crippen LogP contribution in [0.1, 0.15) is 33.5 Å². The van der Waals surface area contributed by atoms with Crippen LogP contribution in [-0.2, 0) is 11.9 Å². The first-order chi connectivity index (χ1) is 12.6. The van der Waals surface area contributed by atoms with Gasteiger partial charge in [0.1, 0.15) is 15.7 Å². The zero-order chi connectivity index (χ0) is 19.9. The molecule has 11 heteroatoms. The zero-order valence-corrected chi connectivity index (χ0v) is 16.3. The minimum absolute atomic E-state index is 0.135. The summed E-state index contributed by atoms with van der Waals surface area (Å²) < 4.78 is 38.0. The molecule has 5 nitrogen and oxygen atoms in total. The highest BCUT2D eigenvalue weighted by Crippen LogP contribution is 2.34. The van der Waals surface area contributed by atoms with Gasteiger partial charge in [-0.15, -0.1) is 11.3 Å². The van der Waals surface area contributed by atoms with Gasteiger partial charge in [0.15, 0.2) is 5.78 Å². The molecule has 3 aromatic rings. The van der Waals surface area contributed by atoms with Gasteiger partial charge in [-0.1, -0.05) is 23.4 Å². The number of aromatic amines is 1. The van der Waals surface area contributed by atoms with Gasteiger partial charge in [0.2, 0.25) is 0 Å². The van der Waals surface area contributed by atoms with Gasteiger partial charge in [0.25, 0.3) is 5.56 Å². The van der Waals surface area contributed by atoms with Gasteiger partial charge < -0.3 is 4.98 Å². The Kier molecular flexibility index (Phi) is 5.33. The molecule has 27 heavy (non-hydrogen) atoms. The number of carbonyl (C=O) groups excluding carboxylic acids is 1. The van der Waals surface area contributed by atoms with Crippen LogP contribution in [0.3, 0.4) is 0 Å². The average Bonchev–Trinajstić information content (AvgIpc) is 2.90. The monoisotopic (exact) mass is 433 g/mol. The first-order valence-corrected chi connectivity index (χ1v) is 9.64. The van der Waals surface area contributed by atoms with E-state index in [2.05, 4.69) is 15.0 Å². The van der Waals surface area contributed by atoms with Crippen LogP contribution in [-0.4, -0.2) is 20.7 Å². The standard InChI is InChI=1S/C16H11ClF3N3O2S2/c1-6-11-13(25)22-10(23-15(11)27-12(6)7(2)24)5-26-14-9(17)3-8(4-21-14)16(18,19)20/h3-4H,5H2,1-2H3,(H,22,23,25). The molecule has 0 spiro atoms. The van der Waals surface area contributed by atoms with Crippen LogP contribution in [0, 0.1) is 6.92 Å². The number of H-pyrrole nitrogens is 1. The number of nitrogens with zero attached hydrogens (tertiary/aromatic N) is 2. The molecule has 0 amide bonds. The van der Waals surface area contributed by atoms with E-state index in [0.29, 0.717) is 32.7 Å². The van der Waals surface area contributed by atoms with Crippen molar-refractivity contribution in [2.24, 2.45) is 0 Å². The number of aryl methyl sites for hydroxylation is 1. The molecule has 0 saturated heterocycles. The van der Waals surface area contributed by atoms with Gasteiger partial charge in [0.05, 0.1) is 26.6 Å². The highest BCUT2D eigenvalue weighted by molar-refractivity contribution is 7.98. The second-order valence-electron chi connectivity index (χ2n) is 5.60. The Morgan fingerprint density at radius 3 is 2.70 bits per heavy atom. The number of nitrogens with one attached hydrogen (secondary N) is 1. The summed E-state index contributed by atoms with van der Waals surface area (Å²) in [4.78, 5) is 35.6. The molecule has 0 aliphatic rings. The number of fused-ring (bicyclic) bond motifs is 1. The van der Waals surface area contributed by atoms with Crippen molar-refractivity contribution in [2.75, 3.05) is 0 Å². The average molecular weight is 434 g/mol. The molecule has 3 aromatic heterocycles. The molecule has 142 valence electrons. The first kappa shape index (κ1) is 19.8. The predicted octanol–water partition coefficient (Wildman–Crippen LogP) is 4.86. The van der Waals surface area contributed by atoms with Crippen molar-refractivity contribution >= 4 is 50.7 Å². The van der Waals surface area contributed by atoms with E-state index in [0.717, 1.165) is 29.2 Å². The minimum Gasteiger partial charge on any atom is -0.309 e. The molecule has 0 aromatic carbocycles. The number of ketones is 1. The third-order valence-electron chi connectivity index (χ3n) is 3.65. The van der Waals surface area contributed by atoms with Crippen LogP contribution in [0.4, 0.5) is 13.2 Å². The van der Waals surface area contributed by atoms with Gasteiger partial charge in [-0.25, -0.2) is 9.97 Å². The van der Waals surface area contributed by atoms with Crippen LogP contribution in [0.5, 0.6) is 0 Å². The van der Waals surface area contributed by atoms with Crippen molar-refractivity contribution < 1.29 is 18.0 Å². The topological polar surface area (TPSA) is 75.7 Å². The molecule has 0 unspecified atom stereocenters. The van der Waals surface area contributed by atoms with E-state index in [-0.39, 0.29) is 27.1 Å². The van der Waals surface area contributed by atoms with Crippen LogP contribution >= 0.6 is 34.7 Å². The maximum absolute atomic E-state index is 12.7. The number of Topliss-reactive ketones (excluding diaryl/α,β-unsaturated/α-hetero) is 1. The highest BCUT2D eigenvalue weighted by Gasteiger charge is 2.31. The van der Waals surface area contributed by atoms with E-state index >= 15 is 0 Å². The Balaban J connectivity index is 1.88. The summed E-state index contributed by atoms with van der Waals surface area (Å²) in [5, 5.41) is 0.424. The van der Waals surface area contributed by atoms with E-state index in [9.17, 15) is 22.8 Å². The van der Waals surface area contributed by atoms with Crippen LogP contribution < -0.4 is 5.56 Å². The van der Waals surface area contributed by atoms with E-state index < -0.39 is 11.7 Å². The number of hydrogen-bond acceptors (Lipinski definition) is 6. The van der Waals surface area contributed by atoms with E-state index in [1.165, 1.54) is 6.92 Å². The molecule has 3 heterocycles. The smallest absolute Gasteiger partial charge is 0.309 e. The maximum Gasteiger partial charge on any atom is 0.417 e. The molecule has 0 saturated carbocycles. The summed E-state index contributed by atoms with van der Waals surface area (Å²) in [6, 6.07) is 0.804. The highest BCUT2D eigenvalue weighted by atomic mass is 35.5. The lowest BCUT2D eigenvalue weighted by Gasteiger charge is -2.08. The van der Waals surface area contributed by atoms with Gasteiger partial charge in [0, 0.05) is 6.20 Å². The Bertz CT molecular complexity index is 1110. The van der Waals surface area contributed by atoms with E-state index in [1.54, 1.807) is 6.92 Å². The largest absolute Gasteiger partial charge is 0.417 e. The SMILES string of the molecule is CC(=O)c1sc2nc(CSc3ncc(C(F)(F)F)cc3Cl)[nH]c(=O)c2c1C.